The molecule has 0 unspecified atom stereocenters. The average molecular weight is 413 g/mol. The van der Waals surface area contributed by atoms with Gasteiger partial charge in [-0.05, 0) is 88.4 Å². The molecule has 4 fully saturated rings. The molecule has 5 rings (SSSR count). The number of carbonyl (C=O) groups is 1. The van der Waals surface area contributed by atoms with Gasteiger partial charge in [-0.15, -0.1) is 0 Å². The first kappa shape index (κ1) is 20.1. The number of nitrogens with zero attached hydrogens (tertiary/aromatic N) is 4. The first-order valence-corrected chi connectivity index (χ1v) is 12.0. The molecule has 164 valence electrons. The number of rotatable bonds is 4. The van der Waals surface area contributed by atoms with Crippen LogP contribution in [0.3, 0.4) is 0 Å². The Bertz CT molecular complexity index is 728. The maximum Gasteiger partial charge on any atom is 0.409 e. The van der Waals surface area contributed by atoms with Crippen LogP contribution in [-0.4, -0.2) is 72.3 Å². The summed E-state index contributed by atoms with van der Waals surface area (Å²) in [5.41, 5.74) is 0.371. The van der Waals surface area contributed by atoms with E-state index in [1.807, 2.05) is 24.1 Å². The van der Waals surface area contributed by atoms with Crippen molar-refractivity contribution in [2.75, 3.05) is 44.2 Å². The summed E-state index contributed by atoms with van der Waals surface area (Å²) >= 11 is 0. The van der Waals surface area contributed by atoms with Crippen LogP contribution >= 0.6 is 0 Å². The van der Waals surface area contributed by atoms with E-state index in [2.05, 4.69) is 26.9 Å². The van der Waals surface area contributed by atoms with Gasteiger partial charge in [0.25, 0.3) is 0 Å². The van der Waals surface area contributed by atoms with E-state index in [0.29, 0.717) is 18.1 Å². The molecule has 1 atom stereocenters. The first-order valence-electron chi connectivity index (χ1n) is 12.0. The molecule has 0 aromatic carbocycles. The average Bonchev–Trinajstić information content (AvgIpc) is 3.42. The first-order chi connectivity index (χ1) is 14.7. The van der Waals surface area contributed by atoms with Gasteiger partial charge >= 0.3 is 6.09 Å². The number of pyridine rings is 1. The number of hydrogen-bond donors (Lipinski definition) is 0. The summed E-state index contributed by atoms with van der Waals surface area (Å²) in [6.45, 7) is 7.76. The highest BCUT2D eigenvalue weighted by molar-refractivity contribution is 5.68. The Labute approximate surface area is 180 Å². The number of carbonyl (C=O) groups excluding carboxylic acids is 1. The second kappa shape index (κ2) is 8.37. The van der Waals surface area contributed by atoms with E-state index in [1.165, 1.54) is 51.6 Å². The van der Waals surface area contributed by atoms with Crippen molar-refractivity contribution < 1.29 is 9.53 Å². The Balaban J connectivity index is 1.11. The molecule has 30 heavy (non-hydrogen) atoms. The zero-order valence-corrected chi connectivity index (χ0v) is 18.3. The van der Waals surface area contributed by atoms with E-state index < -0.39 is 0 Å². The lowest BCUT2D eigenvalue weighted by molar-refractivity contribution is -0.0109. The van der Waals surface area contributed by atoms with Gasteiger partial charge in [-0.2, -0.15) is 0 Å². The Morgan fingerprint density at radius 3 is 2.73 bits per heavy atom. The van der Waals surface area contributed by atoms with Crippen LogP contribution in [0.1, 0.15) is 51.9 Å². The normalized spacial score (nSPS) is 32.6. The zero-order chi connectivity index (χ0) is 20.6. The molecule has 1 spiro atoms. The molecule has 6 nitrogen and oxygen atoms in total. The van der Waals surface area contributed by atoms with Crippen molar-refractivity contribution in [3.05, 3.63) is 24.4 Å². The van der Waals surface area contributed by atoms with Crippen molar-refractivity contribution in [2.24, 2.45) is 11.3 Å². The maximum absolute atomic E-state index is 12.0. The van der Waals surface area contributed by atoms with Crippen LogP contribution in [0.25, 0.3) is 0 Å². The fourth-order valence-electron chi connectivity index (χ4n) is 6.60. The zero-order valence-electron chi connectivity index (χ0n) is 18.3. The fourth-order valence-corrected chi connectivity index (χ4v) is 6.60. The lowest BCUT2D eigenvalue weighted by Crippen LogP contribution is -2.55. The summed E-state index contributed by atoms with van der Waals surface area (Å²) in [6.07, 6.45) is 10.7. The summed E-state index contributed by atoms with van der Waals surface area (Å²) in [6, 6.07) is 7.68. The van der Waals surface area contributed by atoms with E-state index in [0.717, 1.165) is 43.8 Å². The lowest BCUT2D eigenvalue weighted by Gasteiger charge is -2.52. The molecule has 1 aromatic rings. The van der Waals surface area contributed by atoms with Gasteiger partial charge in [0, 0.05) is 37.9 Å². The van der Waals surface area contributed by atoms with Gasteiger partial charge in [-0.25, -0.2) is 9.78 Å². The van der Waals surface area contributed by atoms with Crippen LogP contribution in [0.4, 0.5) is 10.6 Å². The molecular weight excluding hydrogens is 376 g/mol. The molecule has 4 aliphatic rings. The van der Waals surface area contributed by atoms with Crippen molar-refractivity contribution in [1.82, 2.24) is 14.8 Å². The monoisotopic (exact) mass is 412 g/mol. The quantitative estimate of drug-likeness (QED) is 0.753. The van der Waals surface area contributed by atoms with Crippen molar-refractivity contribution >= 4 is 11.9 Å². The van der Waals surface area contributed by atoms with E-state index in [9.17, 15) is 4.79 Å². The van der Waals surface area contributed by atoms with E-state index in [1.54, 1.807) is 0 Å². The standard InChI is InChI=1S/C24H36N4O2/c1-2-30-23(29)27-15-10-24(18-27)16-20(17-24)26-13-8-19(9-14-26)21-6-5-12-28(21)22-7-3-4-11-25-22/h3-4,7,11,19-21H,2,5-6,8-10,12-18H2,1H3/t20?,21-,24?/m0/s1. The largest absolute Gasteiger partial charge is 0.450 e. The Kier molecular flexibility index (Phi) is 5.61. The molecule has 1 amide bonds. The maximum atomic E-state index is 12.0. The summed E-state index contributed by atoms with van der Waals surface area (Å²) in [5, 5.41) is 0. The van der Waals surface area contributed by atoms with Gasteiger partial charge in [-0.3, -0.25) is 0 Å². The second-order valence-electron chi connectivity index (χ2n) is 9.90. The van der Waals surface area contributed by atoms with Gasteiger partial charge in [0.1, 0.15) is 5.82 Å². The molecule has 1 aliphatic carbocycles. The molecule has 3 aliphatic heterocycles. The van der Waals surface area contributed by atoms with Gasteiger partial charge in [0.05, 0.1) is 6.61 Å². The van der Waals surface area contributed by atoms with E-state index in [-0.39, 0.29) is 6.09 Å². The minimum absolute atomic E-state index is 0.118. The molecular formula is C24H36N4O2. The summed E-state index contributed by atoms with van der Waals surface area (Å²) in [5.74, 6) is 1.96. The van der Waals surface area contributed by atoms with Crippen LogP contribution in [0, 0.1) is 11.3 Å². The summed E-state index contributed by atoms with van der Waals surface area (Å²) in [7, 11) is 0. The lowest BCUT2D eigenvalue weighted by atomic mass is 9.64. The minimum Gasteiger partial charge on any atom is -0.450 e. The van der Waals surface area contributed by atoms with Crippen molar-refractivity contribution in [1.29, 1.82) is 0 Å². The van der Waals surface area contributed by atoms with Crippen molar-refractivity contribution in [3.63, 3.8) is 0 Å². The number of hydrogen-bond acceptors (Lipinski definition) is 5. The summed E-state index contributed by atoms with van der Waals surface area (Å²) in [4.78, 5) is 23.9. The highest BCUT2D eigenvalue weighted by Gasteiger charge is 2.51. The number of aromatic nitrogens is 1. The third-order valence-corrected chi connectivity index (χ3v) is 8.18. The van der Waals surface area contributed by atoms with Crippen LogP contribution in [0.15, 0.2) is 24.4 Å². The number of piperidine rings is 1. The van der Waals surface area contributed by atoms with Crippen molar-refractivity contribution in [3.8, 4) is 0 Å². The topological polar surface area (TPSA) is 48.9 Å². The highest BCUT2D eigenvalue weighted by atomic mass is 16.6. The van der Waals surface area contributed by atoms with Crippen LogP contribution in [0.2, 0.25) is 0 Å². The molecule has 0 bridgehead atoms. The Morgan fingerprint density at radius 2 is 2.00 bits per heavy atom. The minimum atomic E-state index is -0.118. The van der Waals surface area contributed by atoms with E-state index >= 15 is 0 Å². The number of likely N-dealkylation sites (tertiary alicyclic amines) is 2. The van der Waals surface area contributed by atoms with Crippen LogP contribution in [0.5, 0.6) is 0 Å². The highest BCUT2D eigenvalue weighted by Crippen LogP contribution is 2.51. The molecule has 1 saturated carbocycles. The van der Waals surface area contributed by atoms with Crippen LogP contribution < -0.4 is 4.90 Å². The molecule has 0 N–H and O–H groups in total. The number of anilines is 1. The SMILES string of the molecule is CCOC(=O)N1CCC2(CC(N3CCC([C@@H]4CCCN4c4ccccn4)CC3)C2)C1. The van der Waals surface area contributed by atoms with Gasteiger partial charge < -0.3 is 19.4 Å². The molecule has 3 saturated heterocycles. The third-order valence-electron chi connectivity index (χ3n) is 8.18. The predicted octanol–water partition coefficient (Wildman–Crippen LogP) is 3.77. The molecule has 4 heterocycles. The molecule has 6 heteroatoms. The Morgan fingerprint density at radius 1 is 1.17 bits per heavy atom. The Hall–Kier alpha value is -1.82. The number of ether oxygens (including phenoxy) is 1. The third kappa shape index (κ3) is 3.79. The molecule has 0 radical (unpaired) electrons. The number of amides is 1. The molecule has 1 aromatic heterocycles. The van der Waals surface area contributed by atoms with Crippen LogP contribution in [-0.2, 0) is 4.74 Å². The van der Waals surface area contributed by atoms with Gasteiger partial charge in [0.15, 0.2) is 0 Å². The second-order valence-corrected chi connectivity index (χ2v) is 9.90. The smallest absolute Gasteiger partial charge is 0.409 e. The van der Waals surface area contributed by atoms with Gasteiger partial charge in [0.2, 0.25) is 0 Å². The summed E-state index contributed by atoms with van der Waals surface area (Å²) < 4.78 is 5.20. The fraction of sp³-hybridized carbons (Fsp3) is 0.750. The predicted molar refractivity (Wildman–Crippen MR) is 118 cm³/mol. The van der Waals surface area contributed by atoms with Gasteiger partial charge in [-0.1, -0.05) is 6.07 Å². The van der Waals surface area contributed by atoms with E-state index in [4.69, 9.17) is 4.74 Å². The van der Waals surface area contributed by atoms with Crippen molar-refractivity contribution in [2.45, 2.75) is 64.0 Å².